The molecule has 1 rings (SSSR count). The minimum Gasteiger partial charge on any atom is -0.496 e. The van der Waals surface area contributed by atoms with E-state index in [2.05, 4.69) is 4.74 Å². The Morgan fingerprint density at radius 3 is 2.57 bits per heavy atom. The molecule has 0 aliphatic heterocycles. The van der Waals surface area contributed by atoms with E-state index < -0.39 is 11.8 Å². The van der Waals surface area contributed by atoms with Gasteiger partial charge in [0.05, 0.1) is 14.2 Å². The van der Waals surface area contributed by atoms with Crippen molar-refractivity contribution in [2.45, 2.75) is 0 Å². The van der Waals surface area contributed by atoms with Gasteiger partial charge in [-0.25, -0.2) is 9.18 Å². The van der Waals surface area contributed by atoms with E-state index >= 15 is 0 Å². The van der Waals surface area contributed by atoms with Gasteiger partial charge in [-0.1, -0.05) is 11.6 Å². The topological polar surface area (TPSA) is 35.5 Å². The van der Waals surface area contributed by atoms with Gasteiger partial charge in [0.2, 0.25) is 0 Å². The number of rotatable bonds is 2. The lowest BCUT2D eigenvalue weighted by Crippen LogP contribution is -2.07. The molecule has 5 heteroatoms. The van der Waals surface area contributed by atoms with E-state index in [1.165, 1.54) is 13.2 Å². The van der Waals surface area contributed by atoms with Crippen LogP contribution in [0.2, 0.25) is 5.02 Å². The van der Waals surface area contributed by atoms with E-state index in [9.17, 15) is 9.18 Å². The Hall–Kier alpha value is -1.29. The summed E-state index contributed by atoms with van der Waals surface area (Å²) in [4.78, 5) is 11.1. The molecule has 14 heavy (non-hydrogen) atoms. The fraction of sp³-hybridized carbons (Fsp3) is 0.222. The van der Waals surface area contributed by atoms with Crippen LogP contribution in [-0.2, 0) is 4.74 Å². The second kappa shape index (κ2) is 4.28. The highest BCUT2D eigenvalue weighted by molar-refractivity contribution is 6.30. The fourth-order valence-electron chi connectivity index (χ4n) is 1.01. The van der Waals surface area contributed by atoms with Crippen molar-refractivity contribution in [1.82, 2.24) is 0 Å². The minimum atomic E-state index is -0.795. The number of ether oxygens (including phenoxy) is 2. The third-order valence-corrected chi connectivity index (χ3v) is 1.85. The molecule has 1 aromatic carbocycles. The smallest absolute Gasteiger partial charge is 0.344 e. The second-order valence-corrected chi connectivity index (χ2v) is 2.89. The summed E-state index contributed by atoms with van der Waals surface area (Å²) in [5, 5.41) is 0.159. The Morgan fingerprint density at radius 1 is 1.43 bits per heavy atom. The molecule has 0 amide bonds. The first kappa shape index (κ1) is 10.8. The number of methoxy groups -OCH3 is 2. The minimum absolute atomic E-state index is 0.0573. The van der Waals surface area contributed by atoms with E-state index in [4.69, 9.17) is 16.3 Å². The van der Waals surface area contributed by atoms with Crippen molar-refractivity contribution in [2.75, 3.05) is 14.2 Å². The van der Waals surface area contributed by atoms with Crippen LogP contribution in [0.3, 0.4) is 0 Å². The van der Waals surface area contributed by atoms with Crippen molar-refractivity contribution in [3.63, 3.8) is 0 Å². The molecule has 1 aromatic rings. The Bertz CT molecular complexity index is 365. The van der Waals surface area contributed by atoms with Gasteiger partial charge in [-0.3, -0.25) is 0 Å². The van der Waals surface area contributed by atoms with E-state index in [1.54, 1.807) is 0 Å². The van der Waals surface area contributed by atoms with E-state index in [-0.39, 0.29) is 16.3 Å². The zero-order chi connectivity index (χ0) is 10.7. The highest BCUT2D eigenvalue weighted by Gasteiger charge is 2.19. The van der Waals surface area contributed by atoms with E-state index in [0.717, 1.165) is 13.2 Å². The number of carbonyl (C=O) groups is 1. The van der Waals surface area contributed by atoms with Crippen molar-refractivity contribution in [1.29, 1.82) is 0 Å². The SMILES string of the molecule is COC(=O)c1c(F)cc(Cl)cc1OC. The first-order valence-electron chi connectivity index (χ1n) is 3.71. The molecule has 0 saturated heterocycles. The van der Waals surface area contributed by atoms with Crippen LogP contribution in [0.25, 0.3) is 0 Å². The molecule has 0 aliphatic rings. The number of esters is 1. The summed E-state index contributed by atoms with van der Waals surface area (Å²) in [5.41, 5.74) is -0.251. The monoisotopic (exact) mass is 218 g/mol. The first-order chi connectivity index (χ1) is 6.60. The van der Waals surface area contributed by atoms with Gasteiger partial charge in [0, 0.05) is 5.02 Å². The van der Waals surface area contributed by atoms with Gasteiger partial charge < -0.3 is 9.47 Å². The van der Waals surface area contributed by atoms with Crippen LogP contribution in [-0.4, -0.2) is 20.2 Å². The molecule has 0 aromatic heterocycles. The number of halogens is 2. The van der Waals surface area contributed by atoms with Crippen LogP contribution in [0.5, 0.6) is 5.75 Å². The van der Waals surface area contributed by atoms with Crippen LogP contribution in [0.4, 0.5) is 4.39 Å². The number of benzene rings is 1. The van der Waals surface area contributed by atoms with Crippen molar-refractivity contribution in [2.24, 2.45) is 0 Å². The summed E-state index contributed by atoms with van der Waals surface area (Å²) in [6, 6.07) is 2.37. The lowest BCUT2D eigenvalue weighted by atomic mass is 10.2. The Morgan fingerprint density at radius 2 is 2.07 bits per heavy atom. The third-order valence-electron chi connectivity index (χ3n) is 1.63. The zero-order valence-electron chi connectivity index (χ0n) is 7.64. The Labute approximate surface area is 85.4 Å². The highest BCUT2D eigenvalue weighted by Crippen LogP contribution is 2.26. The highest BCUT2D eigenvalue weighted by atomic mass is 35.5. The molecular weight excluding hydrogens is 211 g/mol. The Kier molecular flexibility index (Phi) is 3.30. The molecule has 0 saturated carbocycles. The average Bonchev–Trinajstić information content (AvgIpc) is 2.15. The quantitative estimate of drug-likeness (QED) is 0.715. The summed E-state index contributed by atoms with van der Waals surface area (Å²) in [6.45, 7) is 0. The van der Waals surface area contributed by atoms with Crippen molar-refractivity contribution in [3.8, 4) is 5.75 Å². The molecule has 0 aliphatic carbocycles. The van der Waals surface area contributed by atoms with Crippen LogP contribution in [0.15, 0.2) is 12.1 Å². The van der Waals surface area contributed by atoms with E-state index in [0.29, 0.717) is 0 Å². The molecule has 0 bridgehead atoms. The molecule has 0 heterocycles. The summed E-state index contributed by atoms with van der Waals surface area (Å²) >= 11 is 5.58. The van der Waals surface area contributed by atoms with Crippen molar-refractivity contribution < 1.29 is 18.7 Å². The zero-order valence-corrected chi connectivity index (χ0v) is 8.39. The summed E-state index contributed by atoms with van der Waals surface area (Å²) in [6.07, 6.45) is 0. The lowest BCUT2D eigenvalue weighted by molar-refractivity contribution is 0.0591. The van der Waals surface area contributed by atoms with Crippen LogP contribution >= 0.6 is 11.6 Å². The summed E-state index contributed by atoms with van der Waals surface area (Å²) < 4.78 is 22.5. The van der Waals surface area contributed by atoms with Gasteiger partial charge in [0.25, 0.3) is 0 Å². The first-order valence-corrected chi connectivity index (χ1v) is 4.09. The summed E-state index contributed by atoms with van der Waals surface area (Å²) in [5.74, 6) is -1.50. The number of carbonyl (C=O) groups excluding carboxylic acids is 1. The fourth-order valence-corrected chi connectivity index (χ4v) is 1.21. The van der Waals surface area contributed by atoms with Crippen molar-refractivity contribution >= 4 is 17.6 Å². The molecule has 0 fully saturated rings. The van der Waals surface area contributed by atoms with Crippen LogP contribution < -0.4 is 4.74 Å². The van der Waals surface area contributed by atoms with Gasteiger partial charge in [0.15, 0.2) is 0 Å². The second-order valence-electron chi connectivity index (χ2n) is 2.46. The average molecular weight is 219 g/mol. The Balaban J connectivity index is 3.32. The van der Waals surface area contributed by atoms with Crippen molar-refractivity contribution in [3.05, 3.63) is 28.5 Å². The third kappa shape index (κ3) is 1.96. The predicted molar refractivity (Wildman–Crippen MR) is 49.3 cm³/mol. The van der Waals surface area contributed by atoms with E-state index in [1.807, 2.05) is 0 Å². The van der Waals surface area contributed by atoms with Gasteiger partial charge in [0.1, 0.15) is 17.1 Å². The maximum atomic E-state index is 13.3. The molecule has 0 N–H and O–H groups in total. The van der Waals surface area contributed by atoms with Gasteiger partial charge >= 0.3 is 5.97 Å². The predicted octanol–water partition coefficient (Wildman–Crippen LogP) is 2.27. The molecule has 3 nitrogen and oxygen atoms in total. The van der Waals surface area contributed by atoms with Gasteiger partial charge in [-0.05, 0) is 12.1 Å². The lowest BCUT2D eigenvalue weighted by Gasteiger charge is -2.07. The molecule has 0 spiro atoms. The van der Waals surface area contributed by atoms with Crippen LogP contribution in [0.1, 0.15) is 10.4 Å². The number of hydrogen-bond acceptors (Lipinski definition) is 3. The summed E-state index contributed by atoms with van der Waals surface area (Å²) in [7, 11) is 2.48. The normalized spacial score (nSPS) is 9.71. The molecule has 0 atom stereocenters. The molecular formula is C9H8ClFO3. The largest absolute Gasteiger partial charge is 0.496 e. The maximum Gasteiger partial charge on any atom is 0.344 e. The van der Waals surface area contributed by atoms with Gasteiger partial charge in [-0.15, -0.1) is 0 Å². The standard InChI is InChI=1S/C9H8ClFO3/c1-13-7-4-5(10)3-6(11)8(7)9(12)14-2/h3-4H,1-2H3. The molecule has 76 valence electrons. The molecule has 0 radical (unpaired) electrons. The molecule has 0 unspecified atom stereocenters. The van der Waals surface area contributed by atoms with Gasteiger partial charge in [-0.2, -0.15) is 0 Å². The van der Waals surface area contributed by atoms with Crippen LogP contribution in [0, 0.1) is 5.82 Å². The number of hydrogen-bond donors (Lipinski definition) is 0. The maximum absolute atomic E-state index is 13.3.